The second-order valence-corrected chi connectivity index (χ2v) is 6.33. The molecule has 6 nitrogen and oxygen atoms in total. The molecule has 2 amide bonds. The van der Waals surface area contributed by atoms with Crippen molar-refractivity contribution in [3.05, 3.63) is 54.1 Å². The molecule has 4 rings (SSSR count). The van der Waals surface area contributed by atoms with E-state index >= 15 is 0 Å². The fourth-order valence-electron chi connectivity index (χ4n) is 3.37. The number of para-hydroxylation sites is 2. The number of rotatable bonds is 4. The highest BCUT2D eigenvalue weighted by Crippen LogP contribution is 2.33. The molecule has 2 aliphatic heterocycles. The summed E-state index contributed by atoms with van der Waals surface area (Å²) in [6.45, 7) is 1.87. The van der Waals surface area contributed by atoms with Crippen LogP contribution in [0.1, 0.15) is 12.0 Å². The Morgan fingerprint density at radius 2 is 1.88 bits per heavy atom. The molecule has 0 saturated carbocycles. The lowest BCUT2D eigenvalue weighted by molar-refractivity contribution is -0.132. The van der Waals surface area contributed by atoms with Gasteiger partial charge in [0.15, 0.2) is 11.5 Å². The molecule has 1 unspecified atom stereocenters. The molecular formula is C20H20N2O4. The lowest BCUT2D eigenvalue weighted by atomic mass is 10.1. The molecular weight excluding hydrogens is 332 g/mol. The lowest BCUT2D eigenvalue weighted by Gasteiger charge is -2.21. The van der Waals surface area contributed by atoms with Crippen molar-refractivity contribution in [2.24, 2.45) is 5.92 Å². The van der Waals surface area contributed by atoms with Gasteiger partial charge in [-0.1, -0.05) is 30.3 Å². The van der Waals surface area contributed by atoms with Gasteiger partial charge in [0, 0.05) is 24.3 Å². The lowest BCUT2D eigenvalue weighted by Crippen LogP contribution is -2.36. The number of amides is 2. The molecule has 2 heterocycles. The Kier molecular flexibility index (Phi) is 4.48. The first-order valence-corrected chi connectivity index (χ1v) is 8.75. The van der Waals surface area contributed by atoms with E-state index in [0.717, 1.165) is 11.3 Å². The summed E-state index contributed by atoms with van der Waals surface area (Å²) in [7, 11) is 0. The van der Waals surface area contributed by atoms with Crippen LogP contribution in [0.2, 0.25) is 0 Å². The van der Waals surface area contributed by atoms with Crippen LogP contribution < -0.4 is 19.7 Å². The Bertz CT molecular complexity index is 822. The number of carbonyl (C=O) groups is 2. The monoisotopic (exact) mass is 352 g/mol. The average molecular weight is 352 g/mol. The van der Waals surface area contributed by atoms with E-state index in [9.17, 15) is 9.59 Å². The van der Waals surface area contributed by atoms with Crippen LogP contribution in [0.4, 0.5) is 5.69 Å². The molecule has 2 aromatic carbocycles. The standard InChI is InChI=1S/C20H20N2O4/c23-19(16-9-10-22(20(16)24)15-6-2-1-3-7-15)21-13-14-5-4-8-17-18(14)26-12-11-25-17/h1-8,16H,9-13H2,(H,21,23). The number of carbonyl (C=O) groups excluding carboxylic acids is 2. The van der Waals surface area contributed by atoms with E-state index in [1.807, 2.05) is 48.5 Å². The second-order valence-electron chi connectivity index (χ2n) is 6.33. The van der Waals surface area contributed by atoms with Crippen LogP contribution in [-0.4, -0.2) is 31.6 Å². The zero-order valence-corrected chi connectivity index (χ0v) is 14.3. The smallest absolute Gasteiger partial charge is 0.239 e. The van der Waals surface area contributed by atoms with Gasteiger partial charge in [-0.15, -0.1) is 0 Å². The molecule has 0 aromatic heterocycles. The predicted molar refractivity (Wildman–Crippen MR) is 96.2 cm³/mol. The van der Waals surface area contributed by atoms with Crippen LogP contribution in [0.5, 0.6) is 11.5 Å². The minimum Gasteiger partial charge on any atom is -0.486 e. The van der Waals surface area contributed by atoms with E-state index in [0.29, 0.717) is 44.2 Å². The Labute approximate surface area is 151 Å². The molecule has 1 saturated heterocycles. The topological polar surface area (TPSA) is 67.9 Å². The molecule has 26 heavy (non-hydrogen) atoms. The Hall–Kier alpha value is -3.02. The number of hydrogen-bond acceptors (Lipinski definition) is 4. The van der Waals surface area contributed by atoms with E-state index in [4.69, 9.17) is 9.47 Å². The normalized spacial score (nSPS) is 18.7. The molecule has 0 bridgehead atoms. The van der Waals surface area contributed by atoms with Gasteiger partial charge in [-0.25, -0.2) is 0 Å². The van der Waals surface area contributed by atoms with Crippen LogP contribution in [-0.2, 0) is 16.1 Å². The van der Waals surface area contributed by atoms with Crippen molar-refractivity contribution in [1.82, 2.24) is 5.32 Å². The zero-order valence-electron chi connectivity index (χ0n) is 14.3. The zero-order chi connectivity index (χ0) is 17.9. The van der Waals surface area contributed by atoms with E-state index in [1.165, 1.54) is 0 Å². The van der Waals surface area contributed by atoms with Crippen molar-refractivity contribution in [2.75, 3.05) is 24.7 Å². The summed E-state index contributed by atoms with van der Waals surface area (Å²) in [4.78, 5) is 26.8. The number of nitrogens with zero attached hydrogens (tertiary/aromatic N) is 1. The predicted octanol–water partition coefficient (Wildman–Crippen LogP) is 2.13. The molecule has 0 aliphatic carbocycles. The summed E-state index contributed by atoms with van der Waals surface area (Å²) in [5.41, 5.74) is 1.68. The molecule has 6 heteroatoms. The molecule has 134 valence electrons. The summed E-state index contributed by atoms with van der Waals surface area (Å²) in [6.07, 6.45) is 0.520. The van der Waals surface area contributed by atoms with Crippen molar-refractivity contribution < 1.29 is 19.1 Å². The summed E-state index contributed by atoms with van der Waals surface area (Å²) >= 11 is 0. The Morgan fingerprint density at radius 3 is 2.73 bits per heavy atom. The highest BCUT2D eigenvalue weighted by molar-refractivity contribution is 6.09. The maximum absolute atomic E-state index is 12.6. The second kappa shape index (κ2) is 7.07. The van der Waals surface area contributed by atoms with Crippen LogP contribution in [0.15, 0.2) is 48.5 Å². The highest BCUT2D eigenvalue weighted by Gasteiger charge is 2.37. The van der Waals surface area contributed by atoms with Crippen molar-refractivity contribution in [3.63, 3.8) is 0 Å². The van der Waals surface area contributed by atoms with Crippen LogP contribution >= 0.6 is 0 Å². The first-order chi connectivity index (χ1) is 12.7. The van der Waals surface area contributed by atoms with Crippen LogP contribution in [0.25, 0.3) is 0 Å². The van der Waals surface area contributed by atoms with Gasteiger partial charge < -0.3 is 19.7 Å². The fraction of sp³-hybridized carbons (Fsp3) is 0.300. The van der Waals surface area contributed by atoms with Crippen molar-refractivity contribution in [2.45, 2.75) is 13.0 Å². The third-order valence-electron chi connectivity index (χ3n) is 4.69. The molecule has 0 spiro atoms. The van der Waals surface area contributed by atoms with E-state index in [1.54, 1.807) is 4.90 Å². The number of benzene rings is 2. The van der Waals surface area contributed by atoms with Gasteiger partial charge in [0.1, 0.15) is 19.1 Å². The highest BCUT2D eigenvalue weighted by atomic mass is 16.6. The van der Waals surface area contributed by atoms with Gasteiger partial charge in [0.05, 0.1) is 0 Å². The number of anilines is 1. The quantitative estimate of drug-likeness (QED) is 0.856. The van der Waals surface area contributed by atoms with Crippen LogP contribution in [0.3, 0.4) is 0 Å². The Morgan fingerprint density at radius 1 is 1.08 bits per heavy atom. The van der Waals surface area contributed by atoms with Crippen molar-refractivity contribution >= 4 is 17.5 Å². The third-order valence-corrected chi connectivity index (χ3v) is 4.69. The molecule has 2 aliphatic rings. The number of hydrogen-bond donors (Lipinski definition) is 1. The first-order valence-electron chi connectivity index (χ1n) is 8.75. The van der Waals surface area contributed by atoms with Gasteiger partial charge in [0.25, 0.3) is 0 Å². The fourth-order valence-corrected chi connectivity index (χ4v) is 3.37. The van der Waals surface area contributed by atoms with Crippen molar-refractivity contribution in [3.8, 4) is 11.5 Å². The molecule has 1 fully saturated rings. The van der Waals surface area contributed by atoms with E-state index in [-0.39, 0.29) is 11.8 Å². The average Bonchev–Trinajstić information content (AvgIpc) is 3.08. The SMILES string of the molecule is O=C(NCc1cccc2c1OCCO2)C1CCN(c2ccccc2)C1=O. The minimum absolute atomic E-state index is 0.150. The Balaban J connectivity index is 1.41. The summed E-state index contributed by atoms with van der Waals surface area (Å²) in [6, 6.07) is 15.0. The van der Waals surface area contributed by atoms with Gasteiger partial charge in [-0.05, 0) is 24.6 Å². The molecule has 1 atom stereocenters. The number of nitrogens with one attached hydrogen (secondary N) is 1. The van der Waals surface area contributed by atoms with Gasteiger partial charge in [-0.2, -0.15) is 0 Å². The summed E-state index contributed by atoms with van der Waals surface area (Å²) < 4.78 is 11.2. The minimum atomic E-state index is -0.646. The third kappa shape index (κ3) is 3.10. The number of ether oxygens (including phenoxy) is 2. The summed E-state index contributed by atoms with van der Waals surface area (Å²) in [5, 5.41) is 2.87. The molecule has 0 radical (unpaired) electrons. The maximum Gasteiger partial charge on any atom is 0.239 e. The van der Waals surface area contributed by atoms with E-state index < -0.39 is 5.92 Å². The first kappa shape index (κ1) is 16.4. The summed E-state index contributed by atoms with van der Waals surface area (Å²) in [5.74, 6) is 0.316. The van der Waals surface area contributed by atoms with E-state index in [2.05, 4.69) is 5.32 Å². The largest absolute Gasteiger partial charge is 0.486 e. The van der Waals surface area contributed by atoms with Crippen molar-refractivity contribution in [1.29, 1.82) is 0 Å². The van der Waals surface area contributed by atoms with Gasteiger partial charge in [0.2, 0.25) is 11.8 Å². The van der Waals surface area contributed by atoms with Gasteiger partial charge in [-0.3, -0.25) is 9.59 Å². The maximum atomic E-state index is 12.6. The molecule has 2 aromatic rings. The van der Waals surface area contributed by atoms with Gasteiger partial charge >= 0.3 is 0 Å². The number of fused-ring (bicyclic) bond motifs is 1. The molecule has 1 N–H and O–H groups in total. The van der Waals surface area contributed by atoms with Crippen LogP contribution in [0, 0.1) is 5.92 Å².